The van der Waals surface area contributed by atoms with Crippen LogP contribution in [0.3, 0.4) is 0 Å². The Hall–Kier alpha value is -3.14. The van der Waals surface area contributed by atoms with Gasteiger partial charge in [0.1, 0.15) is 5.75 Å². The van der Waals surface area contributed by atoms with E-state index < -0.39 is 23.7 Å². The number of halogens is 3. The topological polar surface area (TPSA) is 44.8 Å². The van der Waals surface area contributed by atoms with Crippen molar-refractivity contribution in [1.29, 1.82) is 0 Å². The van der Waals surface area contributed by atoms with Gasteiger partial charge in [-0.05, 0) is 68.9 Å². The van der Waals surface area contributed by atoms with Gasteiger partial charge in [0.05, 0.1) is 5.56 Å². The third-order valence-electron chi connectivity index (χ3n) is 5.93. The summed E-state index contributed by atoms with van der Waals surface area (Å²) in [5, 5.41) is 0. The van der Waals surface area contributed by atoms with Crippen LogP contribution >= 0.6 is 0 Å². The number of carbonyl (C=O) groups excluding carboxylic acids is 1. The minimum atomic E-state index is -4.90. The molecule has 0 N–H and O–H groups in total. The first-order valence-corrected chi connectivity index (χ1v) is 11.2. The lowest BCUT2D eigenvalue weighted by atomic mass is 10.00. The summed E-state index contributed by atoms with van der Waals surface area (Å²) in [6.45, 7) is 0. The van der Waals surface area contributed by atoms with Crippen molar-refractivity contribution in [2.75, 3.05) is 0 Å². The first kappa shape index (κ1) is 23.0. The Bertz CT molecular complexity index is 1020. The molecule has 2 aromatic carbocycles. The lowest BCUT2D eigenvalue weighted by Gasteiger charge is -2.26. The van der Waals surface area contributed by atoms with Gasteiger partial charge in [-0.15, -0.1) is 13.2 Å². The molecule has 0 atom stereocenters. The van der Waals surface area contributed by atoms with Gasteiger partial charge in [-0.3, -0.25) is 0 Å². The van der Waals surface area contributed by atoms with Crippen molar-refractivity contribution in [2.24, 2.45) is 5.92 Å². The highest BCUT2D eigenvalue weighted by Crippen LogP contribution is 2.40. The van der Waals surface area contributed by atoms with E-state index in [2.05, 4.69) is 16.6 Å². The quantitative estimate of drug-likeness (QED) is 0.285. The smallest absolute Gasteiger partial charge is 0.471 e. The van der Waals surface area contributed by atoms with Crippen molar-refractivity contribution in [3.8, 4) is 29.1 Å². The van der Waals surface area contributed by atoms with E-state index in [4.69, 9.17) is 9.47 Å². The molecule has 0 amide bonds. The van der Waals surface area contributed by atoms with Gasteiger partial charge in [-0.2, -0.15) is 0 Å². The highest BCUT2D eigenvalue weighted by atomic mass is 19.4. The molecule has 174 valence electrons. The van der Waals surface area contributed by atoms with Crippen molar-refractivity contribution in [3.63, 3.8) is 0 Å². The van der Waals surface area contributed by atoms with Gasteiger partial charge in [0, 0.05) is 5.92 Å². The molecule has 33 heavy (non-hydrogen) atoms. The minimum absolute atomic E-state index is 0.0558. The molecule has 0 radical (unpaired) electrons. The summed E-state index contributed by atoms with van der Waals surface area (Å²) < 4.78 is 54.7. The maximum absolute atomic E-state index is 13.0. The van der Waals surface area contributed by atoms with Gasteiger partial charge in [-0.25, -0.2) is 4.79 Å². The average Bonchev–Trinajstić information content (AvgIpc) is 3.46. The van der Waals surface area contributed by atoms with Crippen LogP contribution in [0.2, 0.25) is 0 Å². The molecular formula is C26H25F3O4. The predicted octanol–water partition coefficient (Wildman–Crippen LogP) is 6.69. The van der Waals surface area contributed by atoms with Crippen molar-refractivity contribution in [2.45, 2.75) is 63.3 Å². The molecule has 2 aliphatic carbocycles. The lowest BCUT2D eigenvalue weighted by molar-refractivity contribution is -0.275. The van der Waals surface area contributed by atoms with E-state index in [-0.39, 0.29) is 11.3 Å². The Balaban J connectivity index is 1.63. The van der Waals surface area contributed by atoms with Crippen LogP contribution in [-0.4, -0.2) is 17.9 Å². The fourth-order valence-electron chi connectivity index (χ4n) is 4.29. The van der Waals surface area contributed by atoms with Gasteiger partial charge in [-0.1, -0.05) is 42.9 Å². The minimum Gasteiger partial charge on any atom is -0.471 e. The monoisotopic (exact) mass is 458 g/mol. The number of benzene rings is 2. The fraction of sp³-hybridized carbons (Fsp3) is 0.423. The van der Waals surface area contributed by atoms with Crippen LogP contribution in [0, 0.1) is 17.8 Å². The number of carbonyl (C=O) groups is 1. The third-order valence-corrected chi connectivity index (χ3v) is 5.93. The fourth-order valence-corrected chi connectivity index (χ4v) is 4.29. The maximum atomic E-state index is 13.0. The largest absolute Gasteiger partial charge is 0.573 e. The molecule has 0 heterocycles. The zero-order chi connectivity index (χ0) is 23.3. The van der Waals surface area contributed by atoms with Crippen LogP contribution in [0.5, 0.6) is 17.2 Å². The van der Waals surface area contributed by atoms with Crippen LogP contribution in [-0.2, 0) is 0 Å². The molecule has 0 spiro atoms. The van der Waals surface area contributed by atoms with Gasteiger partial charge < -0.3 is 14.2 Å². The number of esters is 1. The Morgan fingerprint density at radius 1 is 0.939 bits per heavy atom. The average molecular weight is 458 g/mol. The molecule has 0 aliphatic heterocycles. The number of para-hydroxylation sites is 1. The molecule has 0 bridgehead atoms. The first-order valence-electron chi connectivity index (χ1n) is 11.2. The van der Waals surface area contributed by atoms with E-state index in [1.807, 2.05) is 0 Å². The van der Waals surface area contributed by atoms with E-state index in [9.17, 15) is 18.0 Å². The summed E-state index contributed by atoms with van der Waals surface area (Å²) in [5.74, 6) is 5.77. The SMILES string of the molecule is O=C(Oc1ccccc1)c1ccc(OC(F)(F)F)c(OC2(C#CC3CCCC3)CCCC2)c1. The number of rotatable bonds is 5. The maximum Gasteiger partial charge on any atom is 0.573 e. The normalized spacial score (nSPS) is 17.8. The van der Waals surface area contributed by atoms with Gasteiger partial charge in [0.25, 0.3) is 0 Å². The summed E-state index contributed by atoms with van der Waals surface area (Å²) in [6.07, 6.45) is 2.40. The van der Waals surface area contributed by atoms with E-state index in [1.54, 1.807) is 30.3 Å². The second-order valence-electron chi connectivity index (χ2n) is 8.47. The van der Waals surface area contributed by atoms with Crippen molar-refractivity contribution >= 4 is 5.97 Å². The van der Waals surface area contributed by atoms with Crippen LogP contribution in [0.25, 0.3) is 0 Å². The molecule has 2 aliphatic rings. The second kappa shape index (κ2) is 9.78. The number of hydrogen-bond donors (Lipinski definition) is 0. The van der Waals surface area contributed by atoms with E-state index in [0.717, 1.165) is 44.6 Å². The highest BCUT2D eigenvalue weighted by Gasteiger charge is 2.38. The lowest BCUT2D eigenvalue weighted by Crippen LogP contribution is -2.31. The molecule has 4 rings (SSSR count). The van der Waals surface area contributed by atoms with Gasteiger partial charge in [0.2, 0.25) is 0 Å². The zero-order valence-electron chi connectivity index (χ0n) is 18.1. The van der Waals surface area contributed by atoms with Crippen LogP contribution in [0.15, 0.2) is 48.5 Å². The van der Waals surface area contributed by atoms with Crippen LogP contribution in [0.4, 0.5) is 13.2 Å². The molecule has 2 fully saturated rings. The first-order chi connectivity index (χ1) is 15.8. The summed E-state index contributed by atoms with van der Waals surface area (Å²) in [4.78, 5) is 12.6. The number of alkyl halides is 3. The Labute approximate surface area is 191 Å². The van der Waals surface area contributed by atoms with Crippen molar-refractivity contribution in [3.05, 3.63) is 54.1 Å². The van der Waals surface area contributed by atoms with Crippen molar-refractivity contribution in [1.82, 2.24) is 0 Å². The summed E-state index contributed by atoms with van der Waals surface area (Å²) in [7, 11) is 0. The number of ether oxygens (including phenoxy) is 3. The van der Waals surface area contributed by atoms with E-state index >= 15 is 0 Å². The van der Waals surface area contributed by atoms with Crippen LogP contribution in [0.1, 0.15) is 61.7 Å². The summed E-state index contributed by atoms with van der Waals surface area (Å²) >= 11 is 0. The third kappa shape index (κ3) is 6.22. The standard InChI is InChI=1S/C26H25F3O4/c27-26(28,29)33-22-13-12-20(24(30)31-21-10-2-1-3-11-21)18-23(22)32-25(15-6-7-16-25)17-14-19-8-4-5-9-19/h1-3,10-13,18-19H,4-9,15-16H2. The molecule has 0 saturated heterocycles. The second-order valence-corrected chi connectivity index (χ2v) is 8.47. The van der Waals surface area contributed by atoms with E-state index in [0.29, 0.717) is 24.5 Å². The molecule has 0 aromatic heterocycles. The summed E-state index contributed by atoms with van der Waals surface area (Å²) in [6, 6.07) is 12.0. The Morgan fingerprint density at radius 3 is 2.30 bits per heavy atom. The molecule has 7 heteroatoms. The Kier molecular flexibility index (Phi) is 6.83. The van der Waals surface area contributed by atoms with Crippen molar-refractivity contribution < 1.29 is 32.2 Å². The predicted molar refractivity (Wildman–Crippen MR) is 116 cm³/mol. The molecular weight excluding hydrogens is 433 g/mol. The highest BCUT2D eigenvalue weighted by molar-refractivity contribution is 5.91. The number of hydrogen-bond acceptors (Lipinski definition) is 4. The summed E-state index contributed by atoms with van der Waals surface area (Å²) in [5.41, 5.74) is -0.839. The molecule has 0 unspecified atom stereocenters. The molecule has 2 saturated carbocycles. The Morgan fingerprint density at radius 2 is 1.64 bits per heavy atom. The van der Waals surface area contributed by atoms with Gasteiger partial charge >= 0.3 is 12.3 Å². The molecule has 4 nitrogen and oxygen atoms in total. The van der Waals surface area contributed by atoms with Gasteiger partial charge in [0.15, 0.2) is 17.1 Å². The molecule has 2 aromatic rings. The van der Waals surface area contributed by atoms with Crippen LogP contribution < -0.4 is 14.2 Å². The zero-order valence-corrected chi connectivity index (χ0v) is 18.1. The van der Waals surface area contributed by atoms with E-state index in [1.165, 1.54) is 12.1 Å².